The quantitative estimate of drug-likeness (QED) is 0.530. The van der Waals surface area contributed by atoms with Crippen LogP contribution in [0, 0.1) is 0 Å². The topological polar surface area (TPSA) is 79.6 Å². The minimum absolute atomic E-state index is 0.0440. The highest BCUT2D eigenvalue weighted by atomic mass is 16.5. The van der Waals surface area contributed by atoms with Gasteiger partial charge in [0.1, 0.15) is 5.60 Å². The molecular formula is C29H36N4O3. The number of nitrogens with zero attached hydrogens (tertiary/aromatic N) is 3. The molecule has 7 nitrogen and oxygen atoms in total. The van der Waals surface area contributed by atoms with Gasteiger partial charge >= 0.3 is 0 Å². The van der Waals surface area contributed by atoms with E-state index >= 15 is 0 Å². The largest absolute Gasteiger partial charge is 0.385 e. The van der Waals surface area contributed by atoms with Crippen LogP contribution in [0.2, 0.25) is 0 Å². The molecule has 1 amide bonds. The predicted molar refractivity (Wildman–Crippen MR) is 140 cm³/mol. The van der Waals surface area contributed by atoms with E-state index in [1.54, 1.807) is 13.4 Å². The number of rotatable bonds is 7. The lowest BCUT2D eigenvalue weighted by atomic mass is 9.80. The molecule has 1 saturated heterocycles. The highest BCUT2D eigenvalue weighted by Gasteiger charge is 2.42. The standard InChI is InChI=1S/C29H36N4O3/c1-36-20-29(35)15-9-8-14-25(29)33-21-31-26(27(33)23-12-6-3-7-13-23)28(34)32-17-16-30-19-24(32)18-22-10-4-2-5-11-22/h2-7,10-13,21,24-25,30,35H,8-9,14-20H2,1H3/t24-,25-,29?/m1/s1. The van der Waals surface area contributed by atoms with Crippen molar-refractivity contribution < 1.29 is 14.6 Å². The minimum atomic E-state index is -0.998. The fourth-order valence-corrected chi connectivity index (χ4v) is 5.89. The van der Waals surface area contributed by atoms with E-state index in [2.05, 4.69) is 17.4 Å². The summed E-state index contributed by atoms with van der Waals surface area (Å²) in [6, 6.07) is 20.1. The van der Waals surface area contributed by atoms with Crippen molar-refractivity contribution in [3.05, 3.63) is 78.2 Å². The Morgan fingerprint density at radius 2 is 1.89 bits per heavy atom. The number of carbonyl (C=O) groups is 1. The number of amides is 1. The van der Waals surface area contributed by atoms with Crippen LogP contribution < -0.4 is 5.32 Å². The average Bonchev–Trinajstić information content (AvgIpc) is 3.35. The Bertz CT molecular complexity index is 1150. The number of aromatic nitrogens is 2. The summed E-state index contributed by atoms with van der Waals surface area (Å²) in [5.74, 6) is -0.0545. The number of carbonyl (C=O) groups excluding carboxylic acids is 1. The lowest BCUT2D eigenvalue weighted by Gasteiger charge is -2.41. The number of hydrogen-bond acceptors (Lipinski definition) is 5. The highest BCUT2D eigenvalue weighted by molar-refractivity contribution is 5.98. The molecule has 1 unspecified atom stereocenters. The van der Waals surface area contributed by atoms with Gasteiger partial charge in [-0.2, -0.15) is 0 Å². The van der Waals surface area contributed by atoms with Gasteiger partial charge < -0.3 is 24.6 Å². The Labute approximate surface area is 213 Å². The molecule has 190 valence electrons. The van der Waals surface area contributed by atoms with Crippen LogP contribution in [0.5, 0.6) is 0 Å². The zero-order valence-corrected chi connectivity index (χ0v) is 21.0. The SMILES string of the molecule is COCC1(O)CCCC[C@H]1n1cnc(C(=O)N2CCNC[C@H]2Cc2ccccc2)c1-c1ccccc1. The highest BCUT2D eigenvalue weighted by Crippen LogP contribution is 2.41. The van der Waals surface area contributed by atoms with Crippen molar-refractivity contribution in [1.29, 1.82) is 0 Å². The van der Waals surface area contributed by atoms with Gasteiger partial charge in [0.15, 0.2) is 5.69 Å². The van der Waals surface area contributed by atoms with Gasteiger partial charge in [-0.25, -0.2) is 4.98 Å². The number of benzene rings is 2. The molecule has 1 aromatic heterocycles. The Hall–Kier alpha value is -3.00. The molecule has 1 saturated carbocycles. The van der Waals surface area contributed by atoms with E-state index in [4.69, 9.17) is 9.72 Å². The lowest BCUT2D eigenvalue weighted by molar-refractivity contribution is -0.0893. The summed E-state index contributed by atoms with van der Waals surface area (Å²) >= 11 is 0. The smallest absolute Gasteiger partial charge is 0.275 e. The monoisotopic (exact) mass is 488 g/mol. The van der Waals surface area contributed by atoms with Crippen LogP contribution >= 0.6 is 0 Å². The van der Waals surface area contributed by atoms with Crippen molar-refractivity contribution in [2.45, 2.75) is 49.8 Å². The maximum atomic E-state index is 14.1. The molecule has 7 heteroatoms. The molecule has 2 N–H and O–H groups in total. The number of hydrogen-bond donors (Lipinski definition) is 2. The van der Waals surface area contributed by atoms with Gasteiger partial charge in [0.2, 0.25) is 0 Å². The summed E-state index contributed by atoms with van der Waals surface area (Å²) in [4.78, 5) is 20.8. The molecule has 1 aliphatic carbocycles. The second-order valence-corrected chi connectivity index (χ2v) is 10.1. The second-order valence-electron chi connectivity index (χ2n) is 10.1. The fourth-order valence-electron chi connectivity index (χ4n) is 5.89. The zero-order valence-electron chi connectivity index (χ0n) is 21.0. The van der Waals surface area contributed by atoms with Crippen molar-refractivity contribution >= 4 is 5.91 Å². The Morgan fingerprint density at radius 1 is 1.14 bits per heavy atom. The summed E-state index contributed by atoms with van der Waals surface area (Å²) in [6.07, 6.45) is 5.99. The van der Waals surface area contributed by atoms with Gasteiger partial charge in [-0.1, -0.05) is 73.5 Å². The van der Waals surface area contributed by atoms with Crippen LogP contribution in [0.3, 0.4) is 0 Å². The van der Waals surface area contributed by atoms with Crippen LogP contribution in [0.1, 0.15) is 47.8 Å². The van der Waals surface area contributed by atoms with E-state index in [-0.39, 0.29) is 24.6 Å². The number of ether oxygens (including phenoxy) is 1. The summed E-state index contributed by atoms with van der Waals surface area (Å²) in [7, 11) is 1.63. The van der Waals surface area contributed by atoms with E-state index < -0.39 is 5.60 Å². The number of aliphatic hydroxyl groups is 1. The van der Waals surface area contributed by atoms with Crippen LogP contribution in [-0.4, -0.2) is 70.5 Å². The normalized spacial score (nSPS) is 24.6. The van der Waals surface area contributed by atoms with E-state index in [0.717, 1.165) is 50.0 Å². The predicted octanol–water partition coefficient (Wildman–Crippen LogP) is 3.70. The van der Waals surface area contributed by atoms with Crippen molar-refractivity contribution in [1.82, 2.24) is 19.8 Å². The maximum Gasteiger partial charge on any atom is 0.275 e. The van der Waals surface area contributed by atoms with Crippen molar-refractivity contribution in [2.24, 2.45) is 0 Å². The van der Waals surface area contributed by atoms with E-state index in [9.17, 15) is 9.90 Å². The van der Waals surface area contributed by atoms with Crippen molar-refractivity contribution in [2.75, 3.05) is 33.4 Å². The van der Waals surface area contributed by atoms with Gasteiger partial charge in [0.25, 0.3) is 5.91 Å². The molecule has 2 heterocycles. The first-order chi connectivity index (χ1) is 17.6. The second kappa shape index (κ2) is 10.9. The average molecular weight is 489 g/mol. The molecule has 0 spiro atoms. The molecule has 3 atom stereocenters. The van der Waals surface area contributed by atoms with E-state index in [1.807, 2.05) is 58.0 Å². The van der Waals surface area contributed by atoms with Gasteiger partial charge in [0, 0.05) is 38.3 Å². The number of methoxy groups -OCH3 is 1. The van der Waals surface area contributed by atoms with Crippen LogP contribution in [0.4, 0.5) is 0 Å². The molecule has 2 fully saturated rings. The third-order valence-electron chi connectivity index (χ3n) is 7.66. The molecule has 2 aliphatic rings. The van der Waals surface area contributed by atoms with Crippen LogP contribution in [0.25, 0.3) is 11.3 Å². The summed E-state index contributed by atoms with van der Waals surface area (Å²) in [5.41, 5.74) is 2.37. The maximum absolute atomic E-state index is 14.1. The molecule has 3 aromatic rings. The first-order valence-electron chi connectivity index (χ1n) is 13.0. The molecule has 2 aromatic carbocycles. The molecular weight excluding hydrogens is 452 g/mol. The summed E-state index contributed by atoms with van der Waals surface area (Å²) in [5, 5.41) is 15.0. The van der Waals surface area contributed by atoms with E-state index in [1.165, 1.54) is 5.56 Å². The third-order valence-corrected chi connectivity index (χ3v) is 7.66. The van der Waals surface area contributed by atoms with Crippen molar-refractivity contribution in [3.63, 3.8) is 0 Å². The molecule has 0 bridgehead atoms. The van der Waals surface area contributed by atoms with E-state index in [0.29, 0.717) is 18.7 Å². The molecule has 0 radical (unpaired) electrons. The van der Waals surface area contributed by atoms with Gasteiger partial charge in [-0.3, -0.25) is 4.79 Å². The number of imidazole rings is 1. The number of nitrogens with one attached hydrogen (secondary N) is 1. The first-order valence-corrected chi connectivity index (χ1v) is 13.0. The summed E-state index contributed by atoms with van der Waals surface area (Å²) < 4.78 is 7.47. The molecule has 5 rings (SSSR count). The molecule has 36 heavy (non-hydrogen) atoms. The van der Waals surface area contributed by atoms with Gasteiger partial charge in [-0.15, -0.1) is 0 Å². The Morgan fingerprint density at radius 3 is 2.64 bits per heavy atom. The summed E-state index contributed by atoms with van der Waals surface area (Å²) in [6.45, 7) is 2.39. The van der Waals surface area contributed by atoms with Crippen LogP contribution in [-0.2, 0) is 11.2 Å². The number of piperazine rings is 1. The fraction of sp³-hybridized carbons (Fsp3) is 0.448. The molecule has 1 aliphatic heterocycles. The lowest BCUT2D eigenvalue weighted by Crippen LogP contribution is -2.54. The van der Waals surface area contributed by atoms with Gasteiger partial charge in [0.05, 0.1) is 24.7 Å². The third kappa shape index (κ3) is 4.96. The zero-order chi connectivity index (χ0) is 25.0. The first kappa shape index (κ1) is 24.7. The van der Waals surface area contributed by atoms with Gasteiger partial charge in [-0.05, 0) is 24.8 Å². The minimum Gasteiger partial charge on any atom is -0.385 e. The Kier molecular flexibility index (Phi) is 7.51. The van der Waals surface area contributed by atoms with Crippen molar-refractivity contribution in [3.8, 4) is 11.3 Å². The van der Waals surface area contributed by atoms with Crippen LogP contribution in [0.15, 0.2) is 67.0 Å². The Balaban J connectivity index is 1.53.